The highest BCUT2D eigenvalue weighted by Gasteiger charge is 2.37. The first-order chi connectivity index (χ1) is 13.6. The van der Waals surface area contributed by atoms with E-state index in [-0.39, 0.29) is 16.7 Å². The maximum absolute atomic E-state index is 12.9. The number of nitrogens with zero attached hydrogens (tertiary/aromatic N) is 4. The minimum Gasteiger partial charge on any atom is -0.504 e. The molecule has 1 aliphatic heterocycles. The van der Waals surface area contributed by atoms with Gasteiger partial charge in [-0.25, -0.2) is 9.53 Å². The maximum Gasteiger partial charge on any atom is 0.272 e. The standard InChI is InChI=1S/C18H15N5O4S/c1-2-26-13-9-11(5-6-12(13)24)10-14-17(25)23(18(19)28-14)16-15(20-27-21-16)22-7-3-4-8-22/h3-10,19,24H,2H2,1H3. The third kappa shape index (κ3) is 3.14. The molecular formula is C18H15N5O4S. The van der Waals surface area contributed by atoms with Crippen LogP contribution in [-0.4, -0.2) is 37.7 Å². The second-order valence-corrected chi connectivity index (χ2v) is 6.75. The molecule has 3 aromatic rings. The van der Waals surface area contributed by atoms with E-state index in [0.29, 0.717) is 28.6 Å². The molecule has 0 aliphatic carbocycles. The average molecular weight is 397 g/mol. The number of hydrogen-bond donors (Lipinski definition) is 2. The number of amidine groups is 1. The lowest BCUT2D eigenvalue weighted by atomic mass is 10.2. The van der Waals surface area contributed by atoms with Crippen LogP contribution in [0.2, 0.25) is 0 Å². The van der Waals surface area contributed by atoms with Crippen LogP contribution in [-0.2, 0) is 4.79 Å². The second-order valence-electron chi connectivity index (χ2n) is 5.72. The van der Waals surface area contributed by atoms with Crippen molar-refractivity contribution in [2.75, 3.05) is 11.5 Å². The van der Waals surface area contributed by atoms with Crippen LogP contribution in [0.1, 0.15) is 12.5 Å². The van der Waals surface area contributed by atoms with Gasteiger partial charge in [-0.2, -0.15) is 0 Å². The zero-order chi connectivity index (χ0) is 19.7. The predicted octanol–water partition coefficient (Wildman–Crippen LogP) is 3.02. The van der Waals surface area contributed by atoms with Crippen molar-refractivity contribution in [1.82, 2.24) is 14.9 Å². The molecule has 10 heteroatoms. The molecule has 1 fully saturated rings. The lowest BCUT2D eigenvalue weighted by Gasteiger charge is -2.11. The summed E-state index contributed by atoms with van der Waals surface area (Å²) in [5, 5.41) is 25.7. The van der Waals surface area contributed by atoms with Crippen LogP contribution in [0, 0.1) is 5.41 Å². The molecule has 9 nitrogen and oxygen atoms in total. The van der Waals surface area contributed by atoms with Crippen molar-refractivity contribution in [3.05, 3.63) is 53.2 Å². The predicted molar refractivity (Wildman–Crippen MR) is 104 cm³/mol. The van der Waals surface area contributed by atoms with Crippen LogP contribution in [0.25, 0.3) is 11.9 Å². The fourth-order valence-corrected chi connectivity index (χ4v) is 3.52. The van der Waals surface area contributed by atoms with E-state index in [1.165, 1.54) is 6.07 Å². The molecule has 2 N–H and O–H groups in total. The minimum absolute atomic E-state index is 0.0100. The molecule has 0 saturated carbocycles. The summed E-state index contributed by atoms with van der Waals surface area (Å²) in [6, 6.07) is 8.39. The summed E-state index contributed by atoms with van der Waals surface area (Å²) in [6.45, 7) is 2.22. The Morgan fingerprint density at radius 3 is 2.79 bits per heavy atom. The number of amides is 1. The summed E-state index contributed by atoms with van der Waals surface area (Å²) in [4.78, 5) is 14.4. The van der Waals surface area contributed by atoms with E-state index in [0.717, 1.165) is 16.7 Å². The van der Waals surface area contributed by atoms with Gasteiger partial charge in [-0.3, -0.25) is 10.2 Å². The van der Waals surface area contributed by atoms with Crippen LogP contribution in [0.3, 0.4) is 0 Å². The van der Waals surface area contributed by atoms with Crippen LogP contribution in [0.5, 0.6) is 11.5 Å². The average Bonchev–Trinajstić information content (AvgIpc) is 3.39. The normalized spacial score (nSPS) is 15.6. The third-order valence-electron chi connectivity index (χ3n) is 3.92. The zero-order valence-electron chi connectivity index (χ0n) is 14.7. The van der Waals surface area contributed by atoms with Gasteiger partial charge in [0.2, 0.25) is 11.6 Å². The van der Waals surface area contributed by atoms with Crippen molar-refractivity contribution in [3.63, 3.8) is 0 Å². The van der Waals surface area contributed by atoms with Crippen molar-refractivity contribution in [3.8, 4) is 17.3 Å². The topological polar surface area (TPSA) is 117 Å². The Morgan fingerprint density at radius 1 is 1.29 bits per heavy atom. The molecule has 0 bridgehead atoms. The van der Waals surface area contributed by atoms with Gasteiger partial charge in [-0.1, -0.05) is 6.07 Å². The zero-order valence-corrected chi connectivity index (χ0v) is 15.5. The van der Waals surface area contributed by atoms with E-state index < -0.39 is 5.91 Å². The number of rotatable bonds is 5. The molecule has 0 atom stereocenters. The van der Waals surface area contributed by atoms with Gasteiger partial charge in [-0.15, -0.1) is 0 Å². The van der Waals surface area contributed by atoms with Crippen molar-refractivity contribution >= 4 is 34.7 Å². The number of carbonyl (C=O) groups is 1. The van der Waals surface area contributed by atoms with Crippen LogP contribution in [0.4, 0.5) is 5.82 Å². The summed E-state index contributed by atoms with van der Waals surface area (Å²) < 4.78 is 11.8. The van der Waals surface area contributed by atoms with Gasteiger partial charge in [0.15, 0.2) is 16.7 Å². The molecule has 4 rings (SSSR count). The Kier molecular flexibility index (Phi) is 4.62. The Balaban J connectivity index is 1.66. The monoisotopic (exact) mass is 397 g/mol. The molecular weight excluding hydrogens is 382 g/mol. The first-order valence-corrected chi connectivity index (χ1v) is 9.14. The Bertz CT molecular complexity index is 1070. The van der Waals surface area contributed by atoms with Gasteiger partial charge in [-0.05, 0) is 64.9 Å². The number of nitrogens with one attached hydrogen (secondary N) is 1. The summed E-state index contributed by atoms with van der Waals surface area (Å²) in [7, 11) is 0. The van der Waals surface area contributed by atoms with Gasteiger partial charge in [0.05, 0.1) is 11.5 Å². The number of phenolic OH excluding ortho intramolecular Hbond substituents is 1. The number of aromatic hydroxyl groups is 1. The summed E-state index contributed by atoms with van der Waals surface area (Å²) in [5.41, 5.74) is 0.663. The smallest absolute Gasteiger partial charge is 0.272 e. The van der Waals surface area contributed by atoms with Crippen LogP contribution < -0.4 is 9.64 Å². The van der Waals surface area contributed by atoms with Crippen molar-refractivity contribution in [1.29, 1.82) is 5.41 Å². The molecule has 0 unspecified atom stereocenters. The SMILES string of the molecule is CCOc1cc(C=C2SC(=N)N(c3nonc3-n3cccc3)C2=O)ccc1O. The second kappa shape index (κ2) is 7.24. The summed E-state index contributed by atoms with van der Waals surface area (Å²) in [5.74, 6) is 0.393. The largest absolute Gasteiger partial charge is 0.504 e. The number of phenols is 1. The van der Waals surface area contributed by atoms with Crippen molar-refractivity contribution in [2.45, 2.75) is 6.92 Å². The van der Waals surface area contributed by atoms with Crippen molar-refractivity contribution < 1.29 is 19.3 Å². The van der Waals surface area contributed by atoms with Gasteiger partial charge >= 0.3 is 0 Å². The molecule has 1 saturated heterocycles. The number of carbonyl (C=O) groups excluding carboxylic acids is 1. The number of thioether (sulfide) groups is 1. The molecule has 1 amide bonds. The number of aromatic nitrogens is 3. The van der Waals surface area contributed by atoms with E-state index in [4.69, 9.17) is 14.8 Å². The van der Waals surface area contributed by atoms with E-state index >= 15 is 0 Å². The molecule has 3 heterocycles. The Morgan fingerprint density at radius 2 is 2.04 bits per heavy atom. The van der Waals surface area contributed by atoms with E-state index in [1.807, 2.05) is 6.92 Å². The third-order valence-corrected chi connectivity index (χ3v) is 4.81. The van der Waals surface area contributed by atoms with Gasteiger partial charge in [0.1, 0.15) is 0 Å². The van der Waals surface area contributed by atoms with Crippen LogP contribution in [0.15, 0.2) is 52.3 Å². The molecule has 2 aromatic heterocycles. The van der Waals surface area contributed by atoms with E-state index in [2.05, 4.69) is 10.3 Å². The summed E-state index contributed by atoms with van der Waals surface area (Å²) in [6.07, 6.45) is 5.11. The highest BCUT2D eigenvalue weighted by atomic mass is 32.2. The lowest BCUT2D eigenvalue weighted by Crippen LogP contribution is -2.29. The Labute approximate surface area is 163 Å². The molecule has 1 aliphatic rings. The fourth-order valence-electron chi connectivity index (χ4n) is 2.68. The molecule has 1 aromatic carbocycles. The molecule has 0 radical (unpaired) electrons. The van der Waals surface area contributed by atoms with E-state index in [1.54, 1.807) is 47.3 Å². The number of ether oxygens (including phenoxy) is 1. The van der Waals surface area contributed by atoms with Crippen LogP contribution >= 0.6 is 11.8 Å². The Hall–Kier alpha value is -3.53. The highest BCUT2D eigenvalue weighted by Crippen LogP contribution is 2.37. The summed E-state index contributed by atoms with van der Waals surface area (Å²) >= 11 is 1.00. The van der Waals surface area contributed by atoms with Gasteiger partial charge in [0.25, 0.3) is 5.91 Å². The quantitative estimate of drug-likeness (QED) is 0.635. The lowest BCUT2D eigenvalue weighted by molar-refractivity contribution is -0.113. The van der Waals surface area contributed by atoms with Gasteiger partial charge in [0, 0.05) is 12.4 Å². The minimum atomic E-state index is -0.412. The highest BCUT2D eigenvalue weighted by molar-refractivity contribution is 8.19. The fraction of sp³-hybridized carbons (Fsp3) is 0.111. The first-order valence-electron chi connectivity index (χ1n) is 8.32. The molecule has 142 valence electrons. The number of benzene rings is 1. The molecule has 0 spiro atoms. The van der Waals surface area contributed by atoms with Crippen molar-refractivity contribution in [2.24, 2.45) is 0 Å². The number of hydrogen-bond acceptors (Lipinski definition) is 8. The maximum atomic E-state index is 12.9. The first kappa shape index (κ1) is 17.9. The van der Waals surface area contributed by atoms with Gasteiger partial charge < -0.3 is 14.4 Å². The number of anilines is 1. The molecule has 28 heavy (non-hydrogen) atoms. The van der Waals surface area contributed by atoms with E-state index in [9.17, 15) is 9.90 Å².